The van der Waals surface area contributed by atoms with Crippen LogP contribution in [0.2, 0.25) is 0 Å². The number of rotatable bonds is 16. The molecule has 20 nitrogen and oxygen atoms in total. The Kier molecular flexibility index (Phi) is 18.1. The van der Waals surface area contributed by atoms with Crippen molar-refractivity contribution in [2.45, 2.75) is 136 Å². The normalized spacial score (nSPS) is 24.3. The Bertz CT molecular complexity index is 1950. The molecule has 0 aliphatic carbocycles. The molecule has 20 heteroatoms. The zero-order chi connectivity index (χ0) is 47.3. The van der Waals surface area contributed by atoms with Gasteiger partial charge in [0, 0.05) is 50.6 Å². The van der Waals surface area contributed by atoms with Crippen LogP contribution in [-0.2, 0) is 68.8 Å². The summed E-state index contributed by atoms with van der Waals surface area (Å²) in [6, 6.07) is 4.83. The summed E-state index contributed by atoms with van der Waals surface area (Å²) in [6.07, 6.45) is 1.55. The molecule has 2 saturated heterocycles. The number of carbonyl (C=O) groups excluding carboxylic acids is 10. The van der Waals surface area contributed by atoms with E-state index in [0.29, 0.717) is 11.5 Å². The lowest BCUT2D eigenvalue weighted by Crippen LogP contribution is -2.56. The van der Waals surface area contributed by atoms with E-state index in [1.807, 2.05) is 45.0 Å². The number of carbonyl (C=O) groups is 10. The molecule has 2 fully saturated rings. The number of epoxide rings is 1. The Hall–Kier alpha value is -6.18. The number of benzene rings is 1. The minimum absolute atomic E-state index is 0.0310. The molecule has 6 N–H and O–H groups in total. The van der Waals surface area contributed by atoms with Crippen molar-refractivity contribution in [2.75, 3.05) is 13.1 Å². The lowest BCUT2D eigenvalue weighted by atomic mass is 9.83. The monoisotopic (exact) mass is 895 g/mol. The van der Waals surface area contributed by atoms with Crippen LogP contribution in [0.1, 0.15) is 111 Å². The second-order valence-electron chi connectivity index (χ2n) is 17.3. The van der Waals surface area contributed by atoms with Gasteiger partial charge in [0.15, 0.2) is 0 Å². The number of amides is 8. The van der Waals surface area contributed by atoms with Crippen LogP contribution in [0, 0.1) is 17.3 Å². The summed E-state index contributed by atoms with van der Waals surface area (Å²) >= 11 is 0. The first-order valence-electron chi connectivity index (χ1n) is 21.6. The number of ether oxygens (including phenoxy) is 2. The van der Waals surface area contributed by atoms with Gasteiger partial charge in [-0.15, -0.1) is 5.06 Å². The topological polar surface area (TPSA) is 277 Å². The van der Waals surface area contributed by atoms with Gasteiger partial charge in [0.25, 0.3) is 11.8 Å². The van der Waals surface area contributed by atoms with Crippen LogP contribution in [0.3, 0.4) is 0 Å². The summed E-state index contributed by atoms with van der Waals surface area (Å²) in [6.45, 7) is 11.7. The second kappa shape index (κ2) is 23.0. The molecule has 64 heavy (non-hydrogen) atoms. The number of imide groups is 1. The van der Waals surface area contributed by atoms with E-state index in [1.54, 1.807) is 26.8 Å². The van der Waals surface area contributed by atoms with Gasteiger partial charge in [0.05, 0.1) is 24.6 Å². The van der Waals surface area contributed by atoms with Crippen molar-refractivity contribution in [3.8, 4) is 0 Å². The maximum absolute atomic E-state index is 13.8. The third-order valence-corrected chi connectivity index (χ3v) is 11.3. The van der Waals surface area contributed by atoms with E-state index in [9.17, 15) is 47.9 Å². The molecule has 1 aromatic carbocycles. The van der Waals surface area contributed by atoms with Gasteiger partial charge in [0.1, 0.15) is 24.3 Å². The van der Waals surface area contributed by atoms with Crippen molar-refractivity contribution in [1.29, 1.82) is 0 Å². The first kappa shape index (κ1) is 50.5. The SMILES string of the molecule is CC(C)C[C@@H]1NC(=O)C(C)(C)C(C)NC(=O)CNC(=O)/C=C/C[C@@H]([C@H](C)[C@H]2O[C@@H]2c2ccc(CNC(=O)C(C)NC(=O)CNC(=O)CCCC(=O)ON3C(=O)CCC3=O)cc2)OC1=O. The average Bonchev–Trinajstić information content (AvgIpc) is 3.98. The fourth-order valence-corrected chi connectivity index (χ4v) is 6.83. The molecular formula is C44H61N7O13. The van der Waals surface area contributed by atoms with Crippen LogP contribution >= 0.6 is 0 Å². The van der Waals surface area contributed by atoms with E-state index in [-0.39, 0.29) is 75.7 Å². The van der Waals surface area contributed by atoms with Gasteiger partial charge in [-0.1, -0.05) is 51.1 Å². The molecule has 8 amide bonds. The van der Waals surface area contributed by atoms with Crippen molar-refractivity contribution in [3.63, 3.8) is 0 Å². The number of nitrogens with zero attached hydrogens (tertiary/aromatic N) is 1. The van der Waals surface area contributed by atoms with E-state index in [0.717, 1.165) is 11.1 Å². The zero-order valence-corrected chi connectivity index (χ0v) is 37.4. The standard InChI is InChI=1S/C44H61N7O13/c1-24(2)20-30-42(60)62-31(10-8-11-32(52)46-23-35(55)49-27(5)44(6,7)43(61)50-30)25(3)39-40(63-39)29-16-14-28(15-17-29)21-47-41(59)26(4)48-34(54)22-45-33(53)12-9-13-38(58)64-51-36(56)18-19-37(51)57/h8,11,14-17,24-27,30-31,39-40H,9-10,12-13,18-23H2,1-7H3,(H,45,53)(H,46,52)(H,47,59)(H,48,54)(H,49,55)(H,50,61)/b11-8+/t25-,26?,27?,30-,31-,39+,40+/m0/s1. The van der Waals surface area contributed by atoms with Gasteiger partial charge in [-0.05, 0) is 63.7 Å². The molecule has 3 aliphatic rings. The highest BCUT2D eigenvalue weighted by Crippen LogP contribution is 2.45. The Morgan fingerprint density at radius 1 is 0.906 bits per heavy atom. The molecular weight excluding hydrogens is 835 g/mol. The molecule has 1 aromatic rings. The number of hydrogen-bond acceptors (Lipinski definition) is 13. The molecule has 3 aliphatic heterocycles. The van der Waals surface area contributed by atoms with Crippen molar-refractivity contribution in [1.82, 2.24) is 37.0 Å². The van der Waals surface area contributed by atoms with Gasteiger partial charge >= 0.3 is 11.9 Å². The van der Waals surface area contributed by atoms with Crippen LogP contribution in [0.5, 0.6) is 0 Å². The summed E-state index contributed by atoms with van der Waals surface area (Å²) in [4.78, 5) is 129. The lowest BCUT2D eigenvalue weighted by molar-refractivity contribution is -0.197. The minimum atomic E-state index is -1.11. The highest BCUT2D eigenvalue weighted by atomic mass is 16.7. The molecule has 0 spiro atoms. The molecule has 0 radical (unpaired) electrons. The Balaban J connectivity index is 1.25. The fourth-order valence-electron chi connectivity index (χ4n) is 6.83. The van der Waals surface area contributed by atoms with Crippen LogP contribution in [-0.4, -0.2) is 108 Å². The molecule has 2 unspecified atom stereocenters. The largest absolute Gasteiger partial charge is 0.460 e. The minimum Gasteiger partial charge on any atom is -0.460 e. The molecule has 3 heterocycles. The maximum atomic E-state index is 13.8. The quantitative estimate of drug-likeness (QED) is 0.0763. The Labute approximate surface area is 372 Å². The summed E-state index contributed by atoms with van der Waals surface area (Å²) in [5, 5.41) is 16.2. The zero-order valence-electron chi connectivity index (χ0n) is 37.4. The van der Waals surface area contributed by atoms with E-state index >= 15 is 0 Å². The van der Waals surface area contributed by atoms with Gasteiger partial charge in [-0.25, -0.2) is 9.59 Å². The average molecular weight is 896 g/mol. The van der Waals surface area contributed by atoms with Crippen molar-refractivity contribution in [3.05, 3.63) is 47.5 Å². The highest BCUT2D eigenvalue weighted by molar-refractivity contribution is 6.01. The predicted molar refractivity (Wildman–Crippen MR) is 226 cm³/mol. The van der Waals surface area contributed by atoms with Crippen LogP contribution in [0.25, 0.3) is 0 Å². The molecule has 7 atom stereocenters. The van der Waals surface area contributed by atoms with Crippen molar-refractivity contribution < 1.29 is 62.3 Å². The molecule has 4 rings (SSSR count). The van der Waals surface area contributed by atoms with E-state index in [4.69, 9.17) is 14.3 Å². The van der Waals surface area contributed by atoms with Gasteiger partial charge < -0.3 is 46.2 Å². The van der Waals surface area contributed by atoms with Crippen LogP contribution < -0.4 is 31.9 Å². The fraction of sp³-hybridized carbons (Fsp3) is 0.591. The molecule has 350 valence electrons. The first-order valence-corrected chi connectivity index (χ1v) is 21.6. The maximum Gasteiger partial charge on any atom is 0.333 e. The number of esters is 1. The third kappa shape index (κ3) is 15.0. The third-order valence-electron chi connectivity index (χ3n) is 11.3. The lowest BCUT2D eigenvalue weighted by Gasteiger charge is -2.33. The van der Waals surface area contributed by atoms with Crippen LogP contribution in [0.15, 0.2) is 36.4 Å². The van der Waals surface area contributed by atoms with Gasteiger partial charge in [0.2, 0.25) is 35.4 Å². The number of hydrogen-bond donors (Lipinski definition) is 6. The summed E-state index contributed by atoms with van der Waals surface area (Å²) in [7, 11) is 0. The number of cyclic esters (lactones) is 1. The predicted octanol–water partition coefficient (Wildman–Crippen LogP) is 0.827. The summed E-state index contributed by atoms with van der Waals surface area (Å²) in [5.41, 5.74) is 0.501. The summed E-state index contributed by atoms with van der Waals surface area (Å²) < 4.78 is 12.2. The van der Waals surface area contributed by atoms with E-state index in [2.05, 4.69) is 31.9 Å². The second-order valence-corrected chi connectivity index (χ2v) is 17.3. The molecule has 0 saturated carbocycles. The van der Waals surface area contributed by atoms with Crippen LogP contribution in [0.4, 0.5) is 0 Å². The highest BCUT2D eigenvalue weighted by Gasteiger charge is 2.48. The molecule has 0 bridgehead atoms. The summed E-state index contributed by atoms with van der Waals surface area (Å²) in [5.74, 6) is -6.00. The van der Waals surface area contributed by atoms with Crippen molar-refractivity contribution >= 4 is 59.2 Å². The van der Waals surface area contributed by atoms with Gasteiger partial charge in [-0.3, -0.25) is 38.4 Å². The van der Waals surface area contributed by atoms with E-state index in [1.165, 1.54) is 13.0 Å². The smallest absolute Gasteiger partial charge is 0.333 e. The Morgan fingerprint density at radius 3 is 2.23 bits per heavy atom. The van der Waals surface area contributed by atoms with Gasteiger partial charge in [-0.2, -0.15) is 0 Å². The van der Waals surface area contributed by atoms with E-state index < -0.39 is 95.4 Å². The first-order chi connectivity index (χ1) is 30.2. The number of hydroxylamine groups is 2. The molecule has 0 aromatic heterocycles. The Morgan fingerprint density at radius 2 is 1.58 bits per heavy atom. The number of nitrogens with one attached hydrogen (secondary N) is 6. The van der Waals surface area contributed by atoms with Crippen molar-refractivity contribution in [2.24, 2.45) is 17.3 Å².